The van der Waals surface area contributed by atoms with E-state index in [0.717, 1.165) is 17.0 Å². The molecule has 0 saturated heterocycles. The Kier molecular flexibility index (Phi) is 4.52. The molecule has 3 heteroatoms. The van der Waals surface area contributed by atoms with E-state index in [-0.39, 0.29) is 18.0 Å². The number of carbonyl (C=O) groups is 1. The summed E-state index contributed by atoms with van der Waals surface area (Å²) in [7, 11) is 0. The van der Waals surface area contributed by atoms with Crippen LogP contribution in [0.5, 0.6) is 5.75 Å². The largest absolute Gasteiger partial charge is 0.427 e. The number of hydrogen-bond acceptors (Lipinski definition) is 3. The Balaban J connectivity index is 3.24. The molecule has 1 N–H and O–H groups in total. The van der Waals surface area contributed by atoms with Crippen molar-refractivity contribution in [3.05, 3.63) is 35.2 Å². The van der Waals surface area contributed by atoms with Crippen LogP contribution in [0.3, 0.4) is 0 Å². The minimum absolute atomic E-state index is 0.00684. The summed E-state index contributed by atoms with van der Waals surface area (Å²) >= 11 is 0. The second-order valence-electron chi connectivity index (χ2n) is 5.53. The number of hydrogen-bond donors (Lipinski definition) is 1. The molecule has 1 aromatic rings. The molecule has 0 unspecified atom stereocenters. The molecular formula is C15H21O3. The summed E-state index contributed by atoms with van der Waals surface area (Å²) in [6.45, 7) is 9.52. The van der Waals surface area contributed by atoms with E-state index in [2.05, 4.69) is 20.8 Å². The number of aliphatic hydroxyl groups is 1. The summed E-state index contributed by atoms with van der Waals surface area (Å²) in [5.74, 6) is 1.04. The second-order valence-corrected chi connectivity index (χ2v) is 5.53. The van der Waals surface area contributed by atoms with Crippen molar-refractivity contribution in [2.24, 2.45) is 0 Å². The molecule has 3 nitrogen and oxygen atoms in total. The third-order valence-corrected chi connectivity index (χ3v) is 2.76. The topological polar surface area (TPSA) is 46.5 Å². The summed E-state index contributed by atoms with van der Waals surface area (Å²) in [5.41, 5.74) is 1.94. The van der Waals surface area contributed by atoms with Gasteiger partial charge in [0.25, 0.3) is 0 Å². The standard InChI is InChI=1S/C15H21O3/c1-10(9-16)12-6-13(15(3,4)5)8-14(7-12)18-11(2)17/h6-8,16H,9H2,1-5H3. The molecule has 0 spiro atoms. The van der Waals surface area contributed by atoms with Crippen molar-refractivity contribution < 1.29 is 14.6 Å². The molecule has 1 radical (unpaired) electrons. The van der Waals surface area contributed by atoms with E-state index in [9.17, 15) is 9.90 Å². The minimum Gasteiger partial charge on any atom is -0.427 e. The maximum Gasteiger partial charge on any atom is 0.308 e. The average Bonchev–Trinajstić information content (AvgIpc) is 2.25. The molecule has 0 aliphatic carbocycles. The molecule has 18 heavy (non-hydrogen) atoms. The maximum atomic E-state index is 11.0. The van der Waals surface area contributed by atoms with Gasteiger partial charge in [-0.15, -0.1) is 0 Å². The van der Waals surface area contributed by atoms with Gasteiger partial charge >= 0.3 is 5.97 Å². The van der Waals surface area contributed by atoms with Crippen LogP contribution in [0.15, 0.2) is 18.2 Å². The van der Waals surface area contributed by atoms with Crippen molar-refractivity contribution in [2.45, 2.75) is 40.0 Å². The molecule has 0 saturated carbocycles. The first-order chi connectivity index (χ1) is 8.24. The lowest BCUT2D eigenvalue weighted by molar-refractivity contribution is -0.131. The number of aliphatic hydroxyl groups excluding tert-OH is 1. The van der Waals surface area contributed by atoms with E-state index < -0.39 is 0 Å². The van der Waals surface area contributed by atoms with Gasteiger partial charge in [-0.2, -0.15) is 0 Å². The fourth-order valence-electron chi connectivity index (χ4n) is 1.59. The minimum atomic E-state index is -0.339. The fourth-order valence-corrected chi connectivity index (χ4v) is 1.59. The Morgan fingerprint density at radius 1 is 1.22 bits per heavy atom. The molecular weight excluding hydrogens is 228 g/mol. The van der Waals surface area contributed by atoms with Crippen LogP contribution in [-0.4, -0.2) is 17.7 Å². The third-order valence-electron chi connectivity index (χ3n) is 2.76. The van der Waals surface area contributed by atoms with Crippen LogP contribution in [0, 0.1) is 5.92 Å². The van der Waals surface area contributed by atoms with Crippen LogP contribution in [-0.2, 0) is 10.2 Å². The molecule has 99 valence electrons. The van der Waals surface area contributed by atoms with Crippen molar-refractivity contribution in [3.8, 4) is 5.75 Å². The van der Waals surface area contributed by atoms with Gasteiger partial charge in [0.1, 0.15) is 5.75 Å². The number of esters is 1. The smallest absolute Gasteiger partial charge is 0.308 e. The van der Waals surface area contributed by atoms with Crippen LogP contribution >= 0.6 is 0 Å². The summed E-state index contributed by atoms with van der Waals surface area (Å²) in [6.07, 6.45) is 0. The van der Waals surface area contributed by atoms with Gasteiger partial charge in [-0.05, 0) is 28.7 Å². The second kappa shape index (κ2) is 5.53. The lowest BCUT2D eigenvalue weighted by Gasteiger charge is -2.22. The first-order valence-corrected chi connectivity index (χ1v) is 6.01. The van der Waals surface area contributed by atoms with Gasteiger partial charge in [-0.25, -0.2) is 0 Å². The highest BCUT2D eigenvalue weighted by atomic mass is 16.5. The SMILES string of the molecule is C[C](CO)c1cc(OC(C)=O)cc(C(C)(C)C)c1. The van der Waals surface area contributed by atoms with Crippen LogP contribution in [0.25, 0.3) is 0 Å². The molecule has 0 amide bonds. The normalized spacial score (nSPS) is 11.7. The maximum absolute atomic E-state index is 11.0. The van der Waals surface area contributed by atoms with E-state index >= 15 is 0 Å². The molecule has 0 aromatic heterocycles. The highest BCUT2D eigenvalue weighted by molar-refractivity contribution is 5.69. The van der Waals surface area contributed by atoms with Gasteiger partial charge in [0.15, 0.2) is 0 Å². The van der Waals surface area contributed by atoms with E-state index in [1.165, 1.54) is 6.92 Å². The van der Waals surface area contributed by atoms with Crippen LogP contribution in [0.1, 0.15) is 45.7 Å². The number of rotatable bonds is 3. The predicted octanol–water partition coefficient (Wildman–Crippen LogP) is 2.84. The van der Waals surface area contributed by atoms with E-state index in [1.807, 2.05) is 19.1 Å². The summed E-state index contributed by atoms with van der Waals surface area (Å²) in [6, 6.07) is 5.68. The van der Waals surface area contributed by atoms with Crippen molar-refractivity contribution in [1.82, 2.24) is 0 Å². The van der Waals surface area contributed by atoms with Gasteiger partial charge < -0.3 is 9.84 Å². The molecule has 1 rings (SSSR count). The van der Waals surface area contributed by atoms with E-state index in [0.29, 0.717) is 5.75 Å². The lowest BCUT2D eigenvalue weighted by atomic mass is 9.84. The van der Waals surface area contributed by atoms with Gasteiger partial charge in [0.05, 0.1) is 6.61 Å². The van der Waals surface area contributed by atoms with Gasteiger partial charge in [-0.1, -0.05) is 33.8 Å². The van der Waals surface area contributed by atoms with Crippen molar-refractivity contribution in [3.63, 3.8) is 0 Å². The predicted molar refractivity (Wildman–Crippen MR) is 71.6 cm³/mol. The van der Waals surface area contributed by atoms with Crippen molar-refractivity contribution in [1.29, 1.82) is 0 Å². The van der Waals surface area contributed by atoms with Crippen molar-refractivity contribution >= 4 is 5.97 Å². The molecule has 0 atom stereocenters. The Morgan fingerprint density at radius 2 is 1.83 bits per heavy atom. The fraction of sp³-hybridized carbons (Fsp3) is 0.467. The van der Waals surface area contributed by atoms with Gasteiger partial charge in [0.2, 0.25) is 0 Å². The summed E-state index contributed by atoms with van der Waals surface area (Å²) in [4.78, 5) is 11.0. The van der Waals surface area contributed by atoms with E-state index in [4.69, 9.17) is 4.74 Å². The number of ether oxygens (including phenoxy) is 1. The quantitative estimate of drug-likeness (QED) is 0.662. The zero-order valence-electron chi connectivity index (χ0n) is 11.7. The highest BCUT2D eigenvalue weighted by Crippen LogP contribution is 2.30. The Morgan fingerprint density at radius 3 is 2.28 bits per heavy atom. The number of carbonyl (C=O) groups excluding carboxylic acids is 1. The van der Waals surface area contributed by atoms with Crippen molar-refractivity contribution in [2.75, 3.05) is 6.61 Å². The van der Waals surface area contributed by atoms with Gasteiger partial charge in [0, 0.05) is 12.8 Å². The molecule has 0 aliphatic heterocycles. The summed E-state index contributed by atoms with van der Waals surface area (Å²) in [5, 5.41) is 9.21. The molecule has 0 heterocycles. The average molecular weight is 249 g/mol. The van der Waals surface area contributed by atoms with Crippen LogP contribution in [0.4, 0.5) is 0 Å². The monoisotopic (exact) mass is 249 g/mol. The van der Waals surface area contributed by atoms with Crippen LogP contribution < -0.4 is 4.74 Å². The number of benzene rings is 1. The zero-order valence-corrected chi connectivity index (χ0v) is 11.7. The Hall–Kier alpha value is -1.35. The van der Waals surface area contributed by atoms with Gasteiger partial charge in [-0.3, -0.25) is 4.79 Å². The Labute approximate surface area is 109 Å². The molecule has 0 fully saturated rings. The lowest BCUT2D eigenvalue weighted by Crippen LogP contribution is -2.14. The molecule has 1 aromatic carbocycles. The van der Waals surface area contributed by atoms with E-state index in [1.54, 1.807) is 6.07 Å². The Bertz CT molecular complexity index is 430. The first kappa shape index (κ1) is 14.7. The molecule has 0 aliphatic rings. The zero-order chi connectivity index (χ0) is 13.9. The summed E-state index contributed by atoms with van der Waals surface area (Å²) < 4.78 is 5.15. The highest BCUT2D eigenvalue weighted by Gasteiger charge is 2.18. The van der Waals surface area contributed by atoms with Crippen LogP contribution in [0.2, 0.25) is 0 Å². The first-order valence-electron chi connectivity index (χ1n) is 6.01. The molecule has 0 bridgehead atoms. The third kappa shape index (κ3) is 3.84.